The number of benzene rings is 1. The molecule has 1 heterocycles. The molecule has 1 aromatic carbocycles. The van der Waals surface area contributed by atoms with Gasteiger partial charge in [-0.15, -0.1) is 24.0 Å². The smallest absolute Gasteiger partial charge is 0.222 e. The number of carbonyl (C=O) groups is 1. The number of aliphatic imine (C=N–C) groups is 1. The van der Waals surface area contributed by atoms with Gasteiger partial charge in [0.1, 0.15) is 17.2 Å². The molecule has 2 N–H and O–H groups in total. The highest BCUT2D eigenvalue weighted by atomic mass is 127. The van der Waals surface area contributed by atoms with Crippen molar-refractivity contribution in [3.63, 3.8) is 0 Å². The van der Waals surface area contributed by atoms with Gasteiger partial charge >= 0.3 is 0 Å². The first kappa shape index (κ1) is 25.1. The van der Waals surface area contributed by atoms with E-state index in [9.17, 15) is 4.79 Å². The van der Waals surface area contributed by atoms with Crippen molar-refractivity contribution in [1.29, 1.82) is 0 Å². The maximum atomic E-state index is 11.7. The van der Waals surface area contributed by atoms with Crippen molar-refractivity contribution in [2.24, 2.45) is 4.99 Å². The van der Waals surface area contributed by atoms with Crippen molar-refractivity contribution >= 4 is 35.8 Å². The average molecular weight is 520 g/mol. The molecule has 0 aliphatic carbocycles. The fourth-order valence-corrected chi connectivity index (χ4v) is 3.15. The largest absolute Gasteiger partial charge is 0.496 e. The molecular weight excluding hydrogens is 487 g/mol. The Morgan fingerprint density at radius 2 is 1.83 bits per heavy atom. The molecule has 0 bridgehead atoms. The fourth-order valence-electron chi connectivity index (χ4n) is 3.15. The van der Waals surface area contributed by atoms with Crippen LogP contribution in [0.1, 0.15) is 31.7 Å². The molecule has 2 rings (SSSR count). The zero-order valence-corrected chi connectivity index (χ0v) is 20.1. The zero-order chi connectivity index (χ0) is 20.4. The first-order valence-electron chi connectivity index (χ1n) is 9.71. The minimum atomic E-state index is 0. The minimum Gasteiger partial charge on any atom is -0.496 e. The number of ether oxygens (including phenoxy) is 3. The number of methoxy groups -OCH3 is 3. The molecule has 164 valence electrons. The lowest BCUT2D eigenvalue weighted by Crippen LogP contribution is -2.39. The van der Waals surface area contributed by atoms with Gasteiger partial charge in [-0.2, -0.15) is 0 Å². The maximum Gasteiger partial charge on any atom is 0.222 e. The van der Waals surface area contributed by atoms with E-state index in [2.05, 4.69) is 15.6 Å². The van der Waals surface area contributed by atoms with Gasteiger partial charge in [0.05, 0.1) is 33.4 Å². The molecule has 0 spiro atoms. The highest BCUT2D eigenvalue weighted by molar-refractivity contribution is 14.0. The Labute approximate surface area is 190 Å². The number of carbonyl (C=O) groups excluding carboxylic acids is 1. The number of guanidine groups is 1. The monoisotopic (exact) mass is 520 g/mol. The lowest BCUT2D eigenvalue weighted by Gasteiger charge is -2.17. The maximum absolute atomic E-state index is 11.7. The molecule has 1 aliphatic rings. The summed E-state index contributed by atoms with van der Waals surface area (Å²) in [6.45, 7) is 5.58. The second-order valence-electron chi connectivity index (χ2n) is 6.47. The molecule has 1 fully saturated rings. The molecule has 1 saturated heterocycles. The van der Waals surface area contributed by atoms with Gasteiger partial charge in [0.25, 0.3) is 0 Å². The Hall–Kier alpha value is -1.91. The summed E-state index contributed by atoms with van der Waals surface area (Å²) in [6.07, 6.45) is 2.54. The van der Waals surface area contributed by atoms with Gasteiger partial charge in [-0.1, -0.05) is 0 Å². The van der Waals surface area contributed by atoms with E-state index >= 15 is 0 Å². The summed E-state index contributed by atoms with van der Waals surface area (Å²) in [5.41, 5.74) is 0.852. The highest BCUT2D eigenvalue weighted by Crippen LogP contribution is 2.34. The highest BCUT2D eigenvalue weighted by Gasteiger charge is 2.19. The number of likely N-dealkylation sites (tertiary alicyclic amines) is 1. The predicted octanol–water partition coefficient (Wildman–Crippen LogP) is 2.40. The topological polar surface area (TPSA) is 84.4 Å². The van der Waals surface area contributed by atoms with Crippen LogP contribution in [0, 0.1) is 0 Å². The molecule has 8 nitrogen and oxygen atoms in total. The van der Waals surface area contributed by atoms with E-state index in [1.54, 1.807) is 21.3 Å². The van der Waals surface area contributed by atoms with Gasteiger partial charge in [0, 0.05) is 44.7 Å². The summed E-state index contributed by atoms with van der Waals surface area (Å²) in [5, 5.41) is 6.56. The second kappa shape index (κ2) is 13.3. The molecule has 0 saturated carbocycles. The van der Waals surface area contributed by atoms with Crippen LogP contribution in [0.3, 0.4) is 0 Å². The molecule has 1 aromatic rings. The van der Waals surface area contributed by atoms with Crippen molar-refractivity contribution in [2.75, 3.05) is 47.5 Å². The Morgan fingerprint density at radius 3 is 2.34 bits per heavy atom. The van der Waals surface area contributed by atoms with Crippen LogP contribution < -0.4 is 24.8 Å². The van der Waals surface area contributed by atoms with E-state index in [-0.39, 0.29) is 29.9 Å². The van der Waals surface area contributed by atoms with Crippen LogP contribution >= 0.6 is 24.0 Å². The third-order valence-corrected chi connectivity index (χ3v) is 4.63. The summed E-state index contributed by atoms with van der Waals surface area (Å²) < 4.78 is 16.2. The average Bonchev–Trinajstić information content (AvgIpc) is 3.13. The summed E-state index contributed by atoms with van der Waals surface area (Å²) >= 11 is 0. The first-order valence-corrected chi connectivity index (χ1v) is 9.71. The van der Waals surface area contributed by atoms with Crippen LogP contribution in [0.15, 0.2) is 17.1 Å². The van der Waals surface area contributed by atoms with E-state index in [0.717, 1.165) is 50.5 Å². The van der Waals surface area contributed by atoms with Crippen LogP contribution in [0.5, 0.6) is 17.2 Å². The van der Waals surface area contributed by atoms with E-state index in [4.69, 9.17) is 14.2 Å². The molecule has 0 aromatic heterocycles. The number of nitrogens with zero attached hydrogens (tertiary/aromatic N) is 2. The third-order valence-electron chi connectivity index (χ3n) is 4.63. The van der Waals surface area contributed by atoms with Crippen molar-refractivity contribution in [3.8, 4) is 17.2 Å². The number of halogens is 1. The van der Waals surface area contributed by atoms with Crippen LogP contribution in [0.25, 0.3) is 0 Å². The SMILES string of the molecule is CCNC(=NCc1c(OC)cc(OC)cc1OC)NCCCN1CCCC1=O.I. The van der Waals surface area contributed by atoms with Crippen molar-refractivity contribution in [2.45, 2.75) is 32.7 Å². The number of nitrogens with one attached hydrogen (secondary N) is 2. The predicted molar refractivity (Wildman–Crippen MR) is 125 cm³/mol. The van der Waals surface area contributed by atoms with E-state index < -0.39 is 0 Å². The quantitative estimate of drug-likeness (QED) is 0.214. The third kappa shape index (κ3) is 7.45. The lowest BCUT2D eigenvalue weighted by molar-refractivity contribution is -0.127. The number of hydrogen-bond donors (Lipinski definition) is 2. The first-order chi connectivity index (χ1) is 13.6. The summed E-state index contributed by atoms with van der Waals surface area (Å²) in [7, 11) is 4.84. The van der Waals surface area contributed by atoms with Crippen molar-refractivity contribution in [1.82, 2.24) is 15.5 Å². The number of hydrogen-bond acceptors (Lipinski definition) is 5. The van der Waals surface area contributed by atoms with Crippen LogP contribution in [-0.2, 0) is 11.3 Å². The molecule has 9 heteroatoms. The van der Waals surface area contributed by atoms with Gasteiger partial charge in [-0.3, -0.25) is 4.79 Å². The fraction of sp³-hybridized carbons (Fsp3) is 0.600. The molecule has 29 heavy (non-hydrogen) atoms. The van der Waals surface area contributed by atoms with Gasteiger partial charge in [-0.25, -0.2) is 4.99 Å². The van der Waals surface area contributed by atoms with Gasteiger partial charge in [0.2, 0.25) is 5.91 Å². The minimum absolute atomic E-state index is 0. The number of amides is 1. The molecule has 1 amide bonds. The van der Waals surface area contributed by atoms with Gasteiger partial charge in [0.15, 0.2) is 5.96 Å². The number of rotatable bonds is 10. The van der Waals surface area contributed by atoms with E-state index in [1.807, 2.05) is 24.0 Å². The lowest BCUT2D eigenvalue weighted by atomic mass is 10.1. The summed E-state index contributed by atoms with van der Waals surface area (Å²) in [5.74, 6) is 2.99. The van der Waals surface area contributed by atoms with Gasteiger partial charge < -0.3 is 29.7 Å². The Balaban J connectivity index is 0.00000420. The van der Waals surface area contributed by atoms with Crippen molar-refractivity contribution in [3.05, 3.63) is 17.7 Å². The molecule has 0 unspecified atom stereocenters. The second-order valence-corrected chi connectivity index (χ2v) is 6.47. The zero-order valence-electron chi connectivity index (χ0n) is 17.7. The standard InChI is InChI=1S/C20H32N4O4.HI/c1-5-21-20(22-9-7-11-24-10-6-8-19(24)25)23-14-16-17(27-3)12-15(26-2)13-18(16)28-4;/h12-13H,5-11,14H2,1-4H3,(H2,21,22,23);1H. The van der Waals surface area contributed by atoms with E-state index in [1.165, 1.54) is 0 Å². The Bertz CT molecular complexity index is 659. The molecule has 0 atom stereocenters. The van der Waals surface area contributed by atoms with Crippen LogP contribution in [0.2, 0.25) is 0 Å². The summed E-state index contributed by atoms with van der Waals surface area (Å²) in [6, 6.07) is 3.64. The summed E-state index contributed by atoms with van der Waals surface area (Å²) in [4.78, 5) is 18.3. The molecular formula is C20H33IN4O4. The normalized spacial score (nSPS) is 13.7. The Kier molecular flexibility index (Phi) is 11.6. The Morgan fingerprint density at radius 1 is 1.14 bits per heavy atom. The van der Waals surface area contributed by atoms with Crippen molar-refractivity contribution < 1.29 is 19.0 Å². The van der Waals surface area contributed by atoms with Crippen LogP contribution in [0.4, 0.5) is 0 Å². The van der Waals surface area contributed by atoms with E-state index in [0.29, 0.717) is 30.2 Å². The molecule has 1 aliphatic heterocycles. The van der Waals surface area contributed by atoms with Gasteiger partial charge in [-0.05, 0) is 19.8 Å². The van der Waals surface area contributed by atoms with Crippen LogP contribution in [-0.4, -0.2) is 64.3 Å². The molecule has 0 radical (unpaired) electrons.